The van der Waals surface area contributed by atoms with E-state index in [2.05, 4.69) is 55.9 Å². The SMILES string of the molecule is CC(C)(C)[Si](C)(C)c1ccc(CBr)c(F)c1. The van der Waals surface area contributed by atoms with Gasteiger partial charge in [-0.2, -0.15) is 0 Å². The summed E-state index contributed by atoms with van der Waals surface area (Å²) >= 11 is 3.29. The van der Waals surface area contributed by atoms with Crippen LogP contribution in [0.4, 0.5) is 4.39 Å². The van der Waals surface area contributed by atoms with E-state index in [-0.39, 0.29) is 10.9 Å². The number of alkyl halides is 1. The predicted octanol–water partition coefficient (Wildman–Crippen LogP) is 4.44. The molecule has 0 N–H and O–H groups in total. The van der Waals surface area contributed by atoms with Crippen LogP contribution in [-0.2, 0) is 5.33 Å². The summed E-state index contributed by atoms with van der Waals surface area (Å²) in [5.74, 6) is -0.0841. The molecule has 1 aromatic rings. The van der Waals surface area contributed by atoms with Crippen molar-refractivity contribution in [2.24, 2.45) is 0 Å². The lowest BCUT2D eigenvalue weighted by Crippen LogP contribution is -2.49. The van der Waals surface area contributed by atoms with E-state index >= 15 is 0 Å². The Bertz CT molecular complexity index is 380. The van der Waals surface area contributed by atoms with E-state index < -0.39 is 8.07 Å². The maximum absolute atomic E-state index is 13.8. The molecule has 0 radical (unpaired) electrons. The first kappa shape index (κ1) is 13.9. The van der Waals surface area contributed by atoms with Crippen molar-refractivity contribution in [3.63, 3.8) is 0 Å². The zero-order valence-electron chi connectivity index (χ0n) is 10.7. The Morgan fingerprint density at radius 3 is 2.19 bits per heavy atom. The summed E-state index contributed by atoms with van der Waals surface area (Å²) in [6, 6.07) is 5.73. The molecule has 0 aromatic heterocycles. The molecule has 0 spiro atoms. The van der Waals surface area contributed by atoms with Crippen molar-refractivity contribution in [1.29, 1.82) is 0 Å². The van der Waals surface area contributed by atoms with E-state index in [0.717, 1.165) is 5.56 Å². The van der Waals surface area contributed by atoms with E-state index in [1.54, 1.807) is 6.07 Å². The Morgan fingerprint density at radius 1 is 1.25 bits per heavy atom. The van der Waals surface area contributed by atoms with Gasteiger partial charge in [-0.3, -0.25) is 0 Å². The summed E-state index contributed by atoms with van der Waals surface area (Å²) in [5, 5.41) is 2.02. The summed E-state index contributed by atoms with van der Waals surface area (Å²) in [6.07, 6.45) is 0. The minimum absolute atomic E-state index is 0.0841. The fourth-order valence-electron chi connectivity index (χ4n) is 1.48. The van der Waals surface area contributed by atoms with Gasteiger partial charge in [-0.25, -0.2) is 4.39 Å². The van der Waals surface area contributed by atoms with Crippen LogP contribution >= 0.6 is 15.9 Å². The summed E-state index contributed by atoms with van der Waals surface area (Å²) in [4.78, 5) is 0. The van der Waals surface area contributed by atoms with Gasteiger partial charge in [0.25, 0.3) is 0 Å². The van der Waals surface area contributed by atoms with E-state index in [9.17, 15) is 4.39 Å². The van der Waals surface area contributed by atoms with Gasteiger partial charge < -0.3 is 0 Å². The van der Waals surface area contributed by atoms with Crippen molar-refractivity contribution in [3.8, 4) is 0 Å². The first-order chi connectivity index (χ1) is 7.20. The molecular weight excluding hydrogens is 283 g/mol. The van der Waals surface area contributed by atoms with E-state index in [1.807, 2.05) is 6.07 Å². The van der Waals surface area contributed by atoms with Gasteiger partial charge in [0.05, 0.1) is 8.07 Å². The molecule has 0 amide bonds. The second kappa shape index (κ2) is 4.61. The van der Waals surface area contributed by atoms with Gasteiger partial charge >= 0.3 is 0 Å². The lowest BCUT2D eigenvalue weighted by molar-refractivity contribution is 0.618. The van der Waals surface area contributed by atoms with Crippen LogP contribution in [0.25, 0.3) is 0 Å². The lowest BCUT2D eigenvalue weighted by Gasteiger charge is -2.37. The maximum Gasteiger partial charge on any atom is 0.127 e. The molecule has 16 heavy (non-hydrogen) atoms. The molecule has 1 rings (SSSR count). The standard InChI is InChI=1S/C13H20BrFSi/c1-13(2,3)16(4,5)11-7-6-10(9-14)12(15)8-11/h6-8H,9H2,1-5H3. The lowest BCUT2D eigenvalue weighted by atomic mass is 10.2. The molecular formula is C13H20BrFSi. The molecule has 0 aliphatic heterocycles. The molecule has 0 aliphatic carbocycles. The highest BCUT2D eigenvalue weighted by atomic mass is 79.9. The van der Waals surface area contributed by atoms with Crippen molar-refractivity contribution in [2.45, 2.75) is 44.2 Å². The summed E-state index contributed by atoms with van der Waals surface area (Å²) < 4.78 is 13.8. The second-order valence-electron chi connectivity index (χ2n) is 5.81. The Balaban J connectivity index is 3.20. The van der Waals surface area contributed by atoms with E-state index in [0.29, 0.717) is 5.33 Å². The smallest absolute Gasteiger partial charge is 0.127 e. The van der Waals surface area contributed by atoms with Crippen molar-refractivity contribution in [3.05, 3.63) is 29.6 Å². The van der Waals surface area contributed by atoms with Gasteiger partial charge in [0.15, 0.2) is 0 Å². The molecule has 0 atom stereocenters. The molecule has 0 unspecified atom stereocenters. The Hall–Kier alpha value is -0.153. The molecule has 0 aliphatic rings. The van der Waals surface area contributed by atoms with E-state index in [4.69, 9.17) is 0 Å². The Kier molecular flexibility index (Phi) is 4.01. The first-order valence-corrected chi connectivity index (χ1v) is 9.67. The van der Waals surface area contributed by atoms with E-state index in [1.165, 1.54) is 5.19 Å². The van der Waals surface area contributed by atoms with Gasteiger partial charge in [0.1, 0.15) is 5.82 Å². The topological polar surface area (TPSA) is 0 Å². The third kappa shape index (κ3) is 2.57. The summed E-state index contributed by atoms with van der Waals surface area (Å²) in [7, 11) is -1.60. The zero-order chi connectivity index (χ0) is 12.6. The van der Waals surface area contributed by atoms with Crippen molar-refractivity contribution < 1.29 is 4.39 Å². The van der Waals surface area contributed by atoms with Crippen LogP contribution in [0.2, 0.25) is 18.1 Å². The minimum atomic E-state index is -1.60. The third-order valence-corrected chi connectivity index (χ3v) is 9.90. The Morgan fingerprint density at radius 2 is 1.81 bits per heavy atom. The fraction of sp³-hybridized carbons (Fsp3) is 0.538. The molecule has 0 fully saturated rings. The second-order valence-corrected chi connectivity index (χ2v) is 11.7. The van der Waals surface area contributed by atoms with Gasteiger partial charge in [-0.15, -0.1) is 0 Å². The van der Waals surface area contributed by atoms with Crippen LogP contribution < -0.4 is 5.19 Å². The van der Waals surface area contributed by atoms with Crippen molar-refractivity contribution in [1.82, 2.24) is 0 Å². The van der Waals surface area contributed by atoms with Crippen molar-refractivity contribution in [2.75, 3.05) is 0 Å². The average Bonchev–Trinajstić information content (AvgIpc) is 2.15. The molecule has 0 saturated heterocycles. The van der Waals surface area contributed by atoms with Crippen LogP contribution in [0.3, 0.4) is 0 Å². The summed E-state index contributed by atoms with van der Waals surface area (Å²) in [6.45, 7) is 11.3. The number of benzene rings is 1. The third-order valence-electron chi connectivity index (χ3n) is 3.79. The molecule has 0 saturated carbocycles. The van der Waals surface area contributed by atoms with Crippen LogP contribution in [0.1, 0.15) is 26.3 Å². The van der Waals surface area contributed by atoms with Gasteiger partial charge in [-0.1, -0.05) is 67.1 Å². The molecule has 90 valence electrons. The zero-order valence-corrected chi connectivity index (χ0v) is 13.3. The number of hydrogen-bond acceptors (Lipinski definition) is 0. The predicted molar refractivity (Wildman–Crippen MR) is 75.9 cm³/mol. The number of rotatable bonds is 2. The van der Waals surface area contributed by atoms with Crippen LogP contribution in [0, 0.1) is 5.82 Å². The number of hydrogen-bond donors (Lipinski definition) is 0. The molecule has 0 heterocycles. The average molecular weight is 303 g/mol. The van der Waals surface area contributed by atoms with Gasteiger partial charge in [-0.05, 0) is 16.7 Å². The van der Waals surface area contributed by atoms with Crippen LogP contribution in [0.15, 0.2) is 18.2 Å². The number of halogens is 2. The molecule has 0 nitrogen and oxygen atoms in total. The quantitative estimate of drug-likeness (QED) is 0.560. The largest absolute Gasteiger partial charge is 0.207 e. The fourth-order valence-corrected chi connectivity index (χ4v) is 3.79. The molecule has 3 heteroatoms. The van der Waals surface area contributed by atoms with Gasteiger partial charge in [0.2, 0.25) is 0 Å². The normalized spacial score (nSPS) is 12.9. The molecule has 1 aromatic carbocycles. The first-order valence-electron chi connectivity index (χ1n) is 5.55. The maximum atomic E-state index is 13.8. The highest BCUT2D eigenvalue weighted by Crippen LogP contribution is 2.35. The van der Waals surface area contributed by atoms with Gasteiger partial charge in [0, 0.05) is 5.33 Å². The van der Waals surface area contributed by atoms with Crippen LogP contribution in [-0.4, -0.2) is 8.07 Å². The minimum Gasteiger partial charge on any atom is -0.207 e. The Labute approximate surface area is 107 Å². The highest BCUT2D eigenvalue weighted by Gasteiger charge is 2.36. The summed E-state index contributed by atoms with van der Waals surface area (Å²) in [5.41, 5.74) is 0.738. The molecule has 0 bridgehead atoms. The van der Waals surface area contributed by atoms with Crippen molar-refractivity contribution >= 4 is 29.2 Å². The monoisotopic (exact) mass is 302 g/mol. The highest BCUT2D eigenvalue weighted by molar-refractivity contribution is 9.08. The van der Waals surface area contributed by atoms with Crippen LogP contribution in [0.5, 0.6) is 0 Å².